The Balaban J connectivity index is 3.01. The van der Waals surface area contributed by atoms with E-state index in [1.807, 2.05) is 5.32 Å². The quantitative estimate of drug-likeness (QED) is 0.847. The SMILES string of the molecule is CCOC(=O)c1cc(F)c(NC(=O)CC#N)c(F)c1. The fraction of sp³-hybridized carbons (Fsp3) is 0.250. The molecular weight excluding hydrogens is 258 g/mol. The molecule has 0 aliphatic heterocycles. The van der Waals surface area contributed by atoms with Crippen LogP contribution in [0.1, 0.15) is 23.7 Å². The van der Waals surface area contributed by atoms with E-state index in [-0.39, 0.29) is 12.2 Å². The first-order valence-electron chi connectivity index (χ1n) is 5.32. The smallest absolute Gasteiger partial charge is 0.338 e. The van der Waals surface area contributed by atoms with Crippen LogP contribution in [0.15, 0.2) is 12.1 Å². The largest absolute Gasteiger partial charge is 0.462 e. The average molecular weight is 268 g/mol. The van der Waals surface area contributed by atoms with Crippen LogP contribution in [0.5, 0.6) is 0 Å². The van der Waals surface area contributed by atoms with Crippen LogP contribution in [0.4, 0.5) is 14.5 Å². The van der Waals surface area contributed by atoms with Crippen LogP contribution in [-0.2, 0) is 9.53 Å². The Morgan fingerprint density at radius 1 is 1.37 bits per heavy atom. The molecule has 0 saturated carbocycles. The molecule has 19 heavy (non-hydrogen) atoms. The van der Waals surface area contributed by atoms with Crippen molar-refractivity contribution in [1.29, 1.82) is 5.26 Å². The van der Waals surface area contributed by atoms with Crippen LogP contribution >= 0.6 is 0 Å². The molecule has 0 bridgehead atoms. The Kier molecular flexibility index (Phi) is 4.94. The standard InChI is InChI=1S/C12H10F2N2O3/c1-2-19-12(18)7-5-8(13)11(9(14)6-7)16-10(17)3-4-15/h5-6H,2-3H2,1H3,(H,16,17). The predicted molar refractivity (Wildman–Crippen MR) is 61.2 cm³/mol. The second-order valence-corrected chi connectivity index (χ2v) is 3.42. The summed E-state index contributed by atoms with van der Waals surface area (Å²) in [7, 11) is 0. The van der Waals surface area contributed by atoms with Crippen molar-refractivity contribution < 1.29 is 23.1 Å². The van der Waals surface area contributed by atoms with E-state index in [9.17, 15) is 18.4 Å². The third kappa shape index (κ3) is 3.74. The lowest BCUT2D eigenvalue weighted by atomic mass is 10.2. The zero-order valence-corrected chi connectivity index (χ0v) is 10.00. The Bertz CT molecular complexity index is 529. The first-order valence-corrected chi connectivity index (χ1v) is 5.32. The molecule has 0 aliphatic carbocycles. The lowest BCUT2D eigenvalue weighted by molar-refractivity contribution is -0.115. The lowest BCUT2D eigenvalue weighted by Crippen LogP contribution is -2.14. The topological polar surface area (TPSA) is 79.2 Å². The molecule has 0 radical (unpaired) electrons. The van der Waals surface area contributed by atoms with Gasteiger partial charge in [0, 0.05) is 0 Å². The summed E-state index contributed by atoms with van der Waals surface area (Å²) < 4.78 is 31.7. The summed E-state index contributed by atoms with van der Waals surface area (Å²) in [5.41, 5.74) is -0.997. The van der Waals surface area contributed by atoms with E-state index in [0.29, 0.717) is 0 Å². The van der Waals surface area contributed by atoms with Gasteiger partial charge in [0.1, 0.15) is 12.1 Å². The number of rotatable bonds is 4. The van der Waals surface area contributed by atoms with Gasteiger partial charge < -0.3 is 10.1 Å². The van der Waals surface area contributed by atoms with E-state index in [2.05, 4.69) is 4.74 Å². The van der Waals surface area contributed by atoms with Gasteiger partial charge in [-0.05, 0) is 19.1 Å². The Hall–Kier alpha value is -2.49. The maximum Gasteiger partial charge on any atom is 0.338 e. The summed E-state index contributed by atoms with van der Waals surface area (Å²) in [4.78, 5) is 22.4. The molecule has 100 valence electrons. The molecule has 1 amide bonds. The molecule has 0 aliphatic rings. The normalized spacial score (nSPS) is 9.58. The highest BCUT2D eigenvalue weighted by atomic mass is 19.1. The molecule has 1 aromatic rings. The molecule has 5 nitrogen and oxygen atoms in total. The van der Waals surface area contributed by atoms with Crippen LogP contribution < -0.4 is 5.32 Å². The number of nitriles is 1. The lowest BCUT2D eigenvalue weighted by Gasteiger charge is -2.08. The van der Waals surface area contributed by atoms with Crippen molar-refractivity contribution in [3.8, 4) is 6.07 Å². The molecule has 0 aromatic heterocycles. The van der Waals surface area contributed by atoms with Gasteiger partial charge >= 0.3 is 5.97 Å². The summed E-state index contributed by atoms with van der Waals surface area (Å²) >= 11 is 0. The van der Waals surface area contributed by atoms with Crippen LogP contribution in [-0.4, -0.2) is 18.5 Å². The summed E-state index contributed by atoms with van der Waals surface area (Å²) in [5.74, 6) is -3.94. The number of carbonyl (C=O) groups is 2. The summed E-state index contributed by atoms with van der Waals surface area (Å²) in [6.45, 7) is 1.63. The highest BCUT2D eigenvalue weighted by Crippen LogP contribution is 2.21. The number of halogens is 2. The van der Waals surface area contributed by atoms with Gasteiger partial charge in [-0.25, -0.2) is 13.6 Å². The van der Waals surface area contributed by atoms with Crippen molar-refractivity contribution in [2.24, 2.45) is 0 Å². The molecule has 0 fully saturated rings. The second kappa shape index (κ2) is 6.44. The van der Waals surface area contributed by atoms with Crippen LogP contribution in [0.25, 0.3) is 0 Å². The summed E-state index contributed by atoms with van der Waals surface area (Å²) in [5, 5.41) is 10.2. The van der Waals surface area contributed by atoms with Gasteiger partial charge in [0.25, 0.3) is 0 Å². The van der Waals surface area contributed by atoms with Gasteiger partial charge in [-0.2, -0.15) is 5.26 Å². The number of ether oxygens (including phenoxy) is 1. The maximum atomic E-state index is 13.6. The Labute approximate surface area is 107 Å². The zero-order chi connectivity index (χ0) is 14.4. The summed E-state index contributed by atoms with van der Waals surface area (Å²) in [6.07, 6.45) is -0.529. The third-order valence-corrected chi connectivity index (χ3v) is 2.06. The van der Waals surface area contributed by atoms with Gasteiger partial charge in [0.2, 0.25) is 5.91 Å². The van der Waals surface area contributed by atoms with Crippen LogP contribution in [0, 0.1) is 23.0 Å². The first-order chi connectivity index (χ1) is 8.99. The van der Waals surface area contributed by atoms with E-state index in [0.717, 1.165) is 12.1 Å². The van der Waals surface area contributed by atoms with Crippen LogP contribution in [0.3, 0.4) is 0 Å². The molecule has 0 spiro atoms. The van der Waals surface area contributed by atoms with Gasteiger partial charge in [0.15, 0.2) is 11.6 Å². The number of esters is 1. The molecule has 0 saturated heterocycles. The van der Waals surface area contributed by atoms with Crippen molar-refractivity contribution in [1.82, 2.24) is 0 Å². The highest BCUT2D eigenvalue weighted by molar-refractivity contribution is 5.94. The molecule has 7 heteroatoms. The molecule has 1 rings (SSSR count). The zero-order valence-electron chi connectivity index (χ0n) is 10.00. The number of amides is 1. The minimum absolute atomic E-state index is 0.0722. The van der Waals surface area contributed by atoms with Crippen molar-refractivity contribution in [2.75, 3.05) is 11.9 Å². The monoisotopic (exact) mass is 268 g/mol. The van der Waals surface area contributed by atoms with E-state index in [1.54, 1.807) is 13.0 Å². The molecule has 1 aromatic carbocycles. The Morgan fingerprint density at radius 2 is 1.95 bits per heavy atom. The van der Waals surface area contributed by atoms with Crippen molar-refractivity contribution >= 4 is 17.6 Å². The molecule has 0 atom stereocenters. The first kappa shape index (κ1) is 14.6. The van der Waals surface area contributed by atoms with Crippen molar-refractivity contribution in [3.63, 3.8) is 0 Å². The second-order valence-electron chi connectivity index (χ2n) is 3.42. The van der Waals surface area contributed by atoms with E-state index in [1.165, 1.54) is 0 Å². The van der Waals surface area contributed by atoms with E-state index >= 15 is 0 Å². The number of carbonyl (C=O) groups excluding carboxylic acids is 2. The third-order valence-electron chi connectivity index (χ3n) is 2.06. The Morgan fingerprint density at radius 3 is 2.42 bits per heavy atom. The van der Waals surface area contributed by atoms with Crippen molar-refractivity contribution in [3.05, 3.63) is 29.3 Å². The van der Waals surface area contributed by atoms with E-state index in [4.69, 9.17) is 5.26 Å². The van der Waals surface area contributed by atoms with Crippen LogP contribution in [0.2, 0.25) is 0 Å². The fourth-order valence-corrected chi connectivity index (χ4v) is 1.28. The molecule has 1 N–H and O–H groups in total. The molecule has 0 unspecified atom stereocenters. The van der Waals surface area contributed by atoms with Gasteiger partial charge in [-0.1, -0.05) is 0 Å². The number of hydrogen-bond acceptors (Lipinski definition) is 4. The van der Waals surface area contributed by atoms with Gasteiger partial charge in [-0.15, -0.1) is 0 Å². The number of nitrogens with zero attached hydrogens (tertiary/aromatic N) is 1. The minimum Gasteiger partial charge on any atom is -0.462 e. The average Bonchev–Trinajstić information content (AvgIpc) is 2.34. The number of hydrogen-bond donors (Lipinski definition) is 1. The maximum absolute atomic E-state index is 13.6. The fourth-order valence-electron chi connectivity index (χ4n) is 1.28. The number of anilines is 1. The predicted octanol–water partition coefficient (Wildman–Crippen LogP) is 1.99. The summed E-state index contributed by atoms with van der Waals surface area (Å²) in [6, 6.07) is 3.05. The molecular formula is C12H10F2N2O3. The number of benzene rings is 1. The molecule has 0 heterocycles. The highest BCUT2D eigenvalue weighted by Gasteiger charge is 2.17. The van der Waals surface area contributed by atoms with E-state index < -0.39 is 35.6 Å². The minimum atomic E-state index is -1.12. The van der Waals surface area contributed by atoms with Gasteiger partial charge in [-0.3, -0.25) is 4.79 Å². The van der Waals surface area contributed by atoms with Gasteiger partial charge in [0.05, 0.1) is 18.2 Å². The van der Waals surface area contributed by atoms with Crippen molar-refractivity contribution in [2.45, 2.75) is 13.3 Å². The number of nitrogens with one attached hydrogen (secondary N) is 1.